The molecule has 0 atom stereocenters. The monoisotopic (exact) mass is 368 g/mol. The Morgan fingerprint density at radius 1 is 0.692 bits per heavy atom. The lowest BCUT2D eigenvalue weighted by atomic mass is 10.4. The van der Waals surface area contributed by atoms with Gasteiger partial charge in [-0.25, -0.2) is 0 Å². The molecule has 26 heavy (non-hydrogen) atoms. The minimum absolute atomic E-state index is 1.07. The van der Waals surface area contributed by atoms with Gasteiger partial charge >= 0.3 is 0 Å². The van der Waals surface area contributed by atoms with Gasteiger partial charge in [0, 0.05) is 65.8 Å². The second kappa shape index (κ2) is 23.2. The second-order valence-electron chi connectivity index (χ2n) is 6.09. The van der Waals surface area contributed by atoms with Crippen molar-refractivity contribution in [3.05, 3.63) is 50.1 Å². The van der Waals surface area contributed by atoms with E-state index in [1.807, 2.05) is 58.0 Å². The van der Waals surface area contributed by atoms with Crippen LogP contribution in [0, 0.1) is 0 Å². The van der Waals surface area contributed by atoms with Crippen molar-refractivity contribution >= 4 is 0 Å². The quantitative estimate of drug-likeness (QED) is 0.590. The Morgan fingerprint density at radius 3 is 1.00 bits per heavy atom. The van der Waals surface area contributed by atoms with Gasteiger partial charge in [-0.1, -0.05) is 26.3 Å². The molecule has 0 saturated carbocycles. The first-order chi connectivity index (χ1) is 12.0. The molecule has 0 heterocycles. The van der Waals surface area contributed by atoms with Crippen LogP contribution in [0.2, 0.25) is 0 Å². The maximum Gasteiger partial charge on any atom is 0.0146 e. The van der Waals surface area contributed by atoms with Crippen molar-refractivity contribution < 1.29 is 0 Å². The van der Waals surface area contributed by atoms with Crippen LogP contribution in [0.15, 0.2) is 50.1 Å². The van der Waals surface area contributed by atoms with E-state index in [-0.39, 0.29) is 0 Å². The minimum Gasteiger partial charge on any atom is -0.384 e. The fourth-order valence-corrected chi connectivity index (χ4v) is 1.25. The van der Waals surface area contributed by atoms with Crippen LogP contribution in [0.5, 0.6) is 0 Å². The van der Waals surface area contributed by atoms with Crippen molar-refractivity contribution in [2.24, 2.45) is 0 Å². The van der Waals surface area contributed by atoms with Crippen LogP contribution in [0.1, 0.15) is 41.5 Å². The number of nitrogens with zero attached hydrogens (tertiary/aromatic N) is 4. The van der Waals surface area contributed by atoms with E-state index < -0.39 is 0 Å². The molecule has 0 aromatic carbocycles. The van der Waals surface area contributed by atoms with Gasteiger partial charge in [-0.3, -0.25) is 0 Å². The molecule has 0 fully saturated rings. The van der Waals surface area contributed by atoms with Crippen LogP contribution in [-0.4, -0.2) is 74.0 Å². The number of rotatable bonds is 8. The first kappa shape index (κ1) is 31.9. The van der Waals surface area contributed by atoms with Gasteiger partial charge in [-0.2, -0.15) is 0 Å². The van der Waals surface area contributed by atoms with Gasteiger partial charge in [-0.05, 0) is 53.9 Å². The molecule has 0 unspecified atom stereocenters. The molecule has 0 aliphatic carbocycles. The molecule has 0 radical (unpaired) electrons. The largest absolute Gasteiger partial charge is 0.384 e. The highest BCUT2D eigenvalue weighted by Gasteiger charge is 1.93. The Hall–Kier alpha value is -1.84. The predicted octanol–water partition coefficient (Wildman–Crippen LogP) is 5.11. The molecule has 0 saturated heterocycles. The summed E-state index contributed by atoms with van der Waals surface area (Å²) in [5.74, 6) is 0. The topological polar surface area (TPSA) is 13.0 Å². The third kappa shape index (κ3) is 30.1. The number of hydrogen-bond donors (Lipinski definition) is 0. The summed E-state index contributed by atoms with van der Waals surface area (Å²) in [6.07, 6.45) is 3.61. The maximum atomic E-state index is 3.82. The van der Waals surface area contributed by atoms with E-state index in [2.05, 4.69) is 63.8 Å². The molecule has 0 amide bonds. The first-order valence-corrected chi connectivity index (χ1v) is 9.37. The molecule has 0 spiro atoms. The van der Waals surface area contributed by atoms with E-state index in [9.17, 15) is 0 Å². The van der Waals surface area contributed by atoms with Crippen LogP contribution >= 0.6 is 0 Å². The average molecular weight is 369 g/mol. The summed E-state index contributed by atoms with van der Waals surface area (Å²) in [7, 11) is 7.82. The lowest BCUT2D eigenvalue weighted by Crippen LogP contribution is -2.19. The molecule has 0 N–H and O–H groups in total. The molecule has 4 heteroatoms. The Morgan fingerprint density at radius 2 is 1.00 bits per heavy atom. The number of hydrogen-bond acceptors (Lipinski definition) is 4. The van der Waals surface area contributed by atoms with Gasteiger partial charge in [0.2, 0.25) is 0 Å². The molecular weight excluding hydrogens is 320 g/mol. The van der Waals surface area contributed by atoms with E-state index in [0.29, 0.717) is 0 Å². The van der Waals surface area contributed by atoms with Crippen molar-refractivity contribution in [3.8, 4) is 0 Å². The summed E-state index contributed by atoms with van der Waals surface area (Å²) < 4.78 is 0. The van der Waals surface area contributed by atoms with Gasteiger partial charge in [0.15, 0.2) is 0 Å². The second-order valence-corrected chi connectivity index (χ2v) is 6.09. The van der Waals surface area contributed by atoms with Crippen molar-refractivity contribution in [2.45, 2.75) is 41.5 Å². The Bertz CT molecular complexity index is 338. The van der Waals surface area contributed by atoms with Gasteiger partial charge in [0.1, 0.15) is 0 Å². The summed E-state index contributed by atoms with van der Waals surface area (Å²) >= 11 is 0. The van der Waals surface area contributed by atoms with Gasteiger partial charge < -0.3 is 19.6 Å². The van der Waals surface area contributed by atoms with E-state index in [0.717, 1.165) is 37.6 Å². The van der Waals surface area contributed by atoms with Crippen LogP contribution in [-0.2, 0) is 0 Å². The lowest BCUT2D eigenvalue weighted by molar-refractivity contribution is 0.385. The summed E-state index contributed by atoms with van der Waals surface area (Å²) in [6, 6.07) is 0. The summed E-state index contributed by atoms with van der Waals surface area (Å²) in [6.45, 7) is 31.4. The van der Waals surface area contributed by atoms with E-state index >= 15 is 0 Å². The SMILES string of the molecule is C=C(C)N(C)C.C=C(C)N(CC)CC.C=CN(C)C.C=CN(CC)CC. The third-order valence-electron chi connectivity index (χ3n) is 3.50. The highest BCUT2D eigenvalue weighted by atomic mass is 15.1. The average Bonchev–Trinajstić information content (AvgIpc) is 2.58. The molecule has 0 aliphatic rings. The van der Waals surface area contributed by atoms with E-state index in [1.54, 1.807) is 6.20 Å². The fraction of sp³-hybridized carbons (Fsp3) is 0.636. The molecule has 0 aliphatic heterocycles. The highest BCUT2D eigenvalue weighted by molar-refractivity contribution is 4.86. The third-order valence-corrected chi connectivity index (χ3v) is 3.50. The molecule has 156 valence electrons. The van der Waals surface area contributed by atoms with Crippen molar-refractivity contribution in [1.29, 1.82) is 0 Å². The predicted molar refractivity (Wildman–Crippen MR) is 123 cm³/mol. The maximum absolute atomic E-state index is 3.82. The zero-order chi connectivity index (χ0) is 21.7. The lowest BCUT2D eigenvalue weighted by Gasteiger charge is -2.19. The van der Waals surface area contributed by atoms with Crippen molar-refractivity contribution in [1.82, 2.24) is 19.6 Å². The summed E-state index contributed by atoms with van der Waals surface area (Å²) in [5, 5.41) is 0. The Labute approximate surface area is 166 Å². The minimum atomic E-state index is 1.07. The van der Waals surface area contributed by atoms with Crippen molar-refractivity contribution in [3.63, 3.8) is 0 Å². The Balaban J connectivity index is -0.000000126. The fourth-order valence-electron chi connectivity index (χ4n) is 1.25. The smallest absolute Gasteiger partial charge is 0.0146 e. The normalized spacial score (nSPS) is 8.08. The number of allylic oxidation sites excluding steroid dienone is 2. The van der Waals surface area contributed by atoms with Crippen molar-refractivity contribution in [2.75, 3.05) is 54.4 Å². The zero-order valence-corrected chi connectivity index (χ0v) is 19.6. The molecule has 4 nitrogen and oxygen atoms in total. The highest BCUT2D eigenvalue weighted by Crippen LogP contribution is 1.96. The van der Waals surface area contributed by atoms with E-state index in [1.165, 1.54) is 0 Å². The summed E-state index contributed by atoms with van der Waals surface area (Å²) in [4.78, 5) is 8.22. The van der Waals surface area contributed by atoms with Crippen LogP contribution in [0.25, 0.3) is 0 Å². The van der Waals surface area contributed by atoms with Crippen LogP contribution in [0.4, 0.5) is 0 Å². The summed E-state index contributed by atoms with van der Waals surface area (Å²) in [5.41, 5.74) is 2.25. The van der Waals surface area contributed by atoms with E-state index in [4.69, 9.17) is 0 Å². The molecular formula is C22H48N4. The van der Waals surface area contributed by atoms with Gasteiger partial charge in [-0.15, -0.1) is 0 Å². The van der Waals surface area contributed by atoms with Gasteiger partial charge in [0.05, 0.1) is 0 Å². The molecule has 0 aromatic heterocycles. The molecule has 0 bridgehead atoms. The van der Waals surface area contributed by atoms with Gasteiger partial charge in [0.25, 0.3) is 0 Å². The van der Waals surface area contributed by atoms with Crippen LogP contribution < -0.4 is 0 Å². The zero-order valence-electron chi connectivity index (χ0n) is 19.6. The first-order valence-electron chi connectivity index (χ1n) is 9.37. The molecule has 0 rings (SSSR count). The molecule has 0 aromatic rings. The Kier molecular flexibility index (Phi) is 28.4. The van der Waals surface area contributed by atoms with Crippen LogP contribution in [0.3, 0.4) is 0 Å². The standard InChI is InChI=1S/C7H15N.C6H13N.C5H11N.C4H9N/c1-5-8(6-2)7(3)4;1-4-7(5-2)6-3;1-5(2)6(3)4;1-4-5(2)3/h3,5-6H2,1-2,4H3;4H,1,5-6H2,2-3H3;1H2,2-4H3;4H,1H2,2-3H3.